The van der Waals surface area contributed by atoms with Gasteiger partial charge in [-0.25, -0.2) is 0 Å². The summed E-state index contributed by atoms with van der Waals surface area (Å²) in [5, 5.41) is 11.9. The number of anilines is 2. The van der Waals surface area contributed by atoms with E-state index in [0.29, 0.717) is 24.3 Å². The average Bonchev–Trinajstić information content (AvgIpc) is 2.46. The van der Waals surface area contributed by atoms with E-state index in [1.807, 2.05) is 4.90 Å². The summed E-state index contributed by atoms with van der Waals surface area (Å²) in [6.45, 7) is 2.96. The van der Waals surface area contributed by atoms with Gasteiger partial charge in [0.25, 0.3) is 0 Å². The fourth-order valence-corrected chi connectivity index (χ4v) is 2.59. The van der Waals surface area contributed by atoms with Gasteiger partial charge in [0.15, 0.2) is 0 Å². The number of likely N-dealkylation sites (tertiary alicyclic amines) is 1. The van der Waals surface area contributed by atoms with Crippen molar-refractivity contribution in [3.8, 4) is 0 Å². The molecule has 2 rings (SSSR count). The van der Waals surface area contributed by atoms with Crippen LogP contribution in [0.1, 0.15) is 19.8 Å². The van der Waals surface area contributed by atoms with Crippen molar-refractivity contribution in [2.45, 2.75) is 25.8 Å². The van der Waals surface area contributed by atoms with E-state index in [-0.39, 0.29) is 17.9 Å². The molecule has 1 aromatic carbocycles. The molecule has 1 amide bonds. The summed E-state index contributed by atoms with van der Waals surface area (Å²) >= 11 is 0. The van der Waals surface area contributed by atoms with Gasteiger partial charge < -0.3 is 16.2 Å². The van der Waals surface area contributed by atoms with Crippen molar-refractivity contribution in [3.63, 3.8) is 0 Å². The number of carboxylic acid groups (broad SMARTS) is 1. The van der Waals surface area contributed by atoms with E-state index < -0.39 is 5.97 Å². The minimum atomic E-state index is -0.789. The highest BCUT2D eigenvalue weighted by atomic mass is 16.4. The van der Waals surface area contributed by atoms with Crippen LogP contribution in [-0.4, -0.2) is 41.0 Å². The first kappa shape index (κ1) is 15.3. The number of carboxylic acids is 1. The maximum absolute atomic E-state index is 12.3. The molecular formula is C15H21N3O3. The van der Waals surface area contributed by atoms with Gasteiger partial charge in [-0.1, -0.05) is 6.07 Å². The van der Waals surface area contributed by atoms with E-state index in [9.17, 15) is 9.59 Å². The Hall–Kier alpha value is -2.08. The van der Waals surface area contributed by atoms with Gasteiger partial charge in [-0.3, -0.25) is 14.5 Å². The molecule has 21 heavy (non-hydrogen) atoms. The van der Waals surface area contributed by atoms with Crippen molar-refractivity contribution in [3.05, 3.63) is 24.3 Å². The van der Waals surface area contributed by atoms with Crippen molar-refractivity contribution >= 4 is 23.3 Å². The molecule has 1 aliphatic rings. The number of amides is 1. The lowest BCUT2D eigenvalue weighted by Gasteiger charge is -2.34. The van der Waals surface area contributed by atoms with Gasteiger partial charge in [-0.15, -0.1) is 0 Å². The van der Waals surface area contributed by atoms with Crippen LogP contribution in [0.25, 0.3) is 0 Å². The average molecular weight is 291 g/mol. The van der Waals surface area contributed by atoms with Gasteiger partial charge in [0.1, 0.15) is 0 Å². The predicted octanol–water partition coefficient (Wildman–Crippen LogP) is 1.39. The maximum atomic E-state index is 12.3. The first-order valence-electron chi connectivity index (χ1n) is 7.10. The Kier molecular flexibility index (Phi) is 4.80. The third-order valence-electron chi connectivity index (χ3n) is 3.88. The fraction of sp³-hybridized carbons (Fsp3) is 0.467. The molecule has 2 unspecified atom stereocenters. The molecule has 4 N–H and O–H groups in total. The van der Waals surface area contributed by atoms with Crippen molar-refractivity contribution in [1.29, 1.82) is 0 Å². The summed E-state index contributed by atoms with van der Waals surface area (Å²) in [6, 6.07) is 6.63. The number of nitrogens with one attached hydrogen (secondary N) is 1. The van der Waals surface area contributed by atoms with Crippen LogP contribution in [0.2, 0.25) is 0 Å². The Bertz CT molecular complexity index is 533. The van der Waals surface area contributed by atoms with E-state index in [2.05, 4.69) is 5.32 Å². The molecule has 114 valence electrons. The largest absolute Gasteiger partial charge is 0.481 e. The SMILES string of the molecule is CC(C(=O)Nc1cccc(N)c1)N1CCCC(C(=O)O)C1. The lowest BCUT2D eigenvalue weighted by Crippen LogP contribution is -2.48. The summed E-state index contributed by atoms with van der Waals surface area (Å²) in [5.74, 6) is -1.32. The topological polar surface area (TPSA) is 95.7 Å². The summed E-state index contributed by atoms with van der Waals surface area (Å²) in [5.41, 5.74) is 6.92. The van der Waals surface area contributed by atoms with Crippen LogP contribution in [0.4, 0.5) is 11.4 Å². The Morgan fingerprint density at radius 1 is 1.48 bits per heavy atom. The van der Waals surface area contributed by atoms with Crippen molar-refractivity contribution in [2.24, 2.45) is 5.92 Å². The van der Waals surface area contributed by atoms with Gasteiger partial charge in [0, 0.05) is 17.9 Å². The van der Waals surface area contributed by atoms with E-state index in [1.165, 1.54) is 0 Å². The summed E-state index contributed by atoms with van der Waals surface area (Å²) in [7, 11) is 0. The number of rotatable bonds is 4. The molecule has 0 aromatic heterocycles. The van der Waals surface area contributed by atoms with Gasteiger partial charge >= 0.3 is 5.97 Å². The molecule has 1 aliphatic heterocycles. The number of benzene rings is 1. The number of aliphatic carboxylic acids is 1. The lowest BCUT2D eigenvalue weighted by molar-refractivity contribution is -0.144. The van der Waals surface area contributed by atoms with Gasteiger partial charge in [-0.05, 0) is 44.5 Å². The second-order valence-corrected chi connectivity index (χ2v) is 5.46. The third-order valence-corrected chi connectivity index (χ3v) is 3.88. The number of piperidine rings is 1. The molecule has 0 aliphatic carbocycles. The van der Waals surface area contributed by atoms with E-state index in [4.69, 9.17) is 10.8 Å². The van der Waals surface area contributed by atoms with Gasteiger partial charge in [0.05, 0.1) is 12.0 Å². The van der Waals surface area contributed by atoms with Crippen LogP contribution in [0.5, 0.6) is 0 Å². The number of nitrogens with two attached hydrogens (primary N) is 1. The second kappa shape index (κ2) is 6.58. The van der Waals surface area contributed by atoms with Crippen molar-refractivity contribution < 1.29 is 14.7 Å². The zero-order chi connectivity index (χ0) is 15.4. The highest BCUT2D eigenvalue weighted by molar-refractivity contribution is 5.94. The molecule has 6 heteroatoms. The zero-order valence-corrected chi connectivity index (χ0v) is 12.1. The first-order valence-corrected chi connectivity index (χ1v) is 7.10. The highest BCUT2D eigenvalue weighted by Crippen LogP contribution is 2.20. The molecular weight excluding hydrogens is 270 g/mol. The number of hydrogen-bond acceptors (Lipinski definition) is 4. The number of carbonyl (C=O) groups is 2. The lowest BCUT2D eigenvalue weighted by atomic mass is 9.97. The highest BCUT2D eigenvalue weighted by Gasteiger charge is 2.30. The molecule has 0 saturated carbocycles. The molecule has 1 heterocycles. The molecule has 1 aromatic rings. The predicted molar refractivity (Wildman–Crippen MR) is 80.9 cm³/mol. The molecule has 0 bridgehead atoms. The first-order chi connectivity index (χ1) is 9.97. The van der Waals surface area contributed by atoms with Crippen LogP contribution in [0.15, 0.2) is 24.3 Å². The van der Waals surface area contributed by atoms with Crippen molar-refractivity contribution in [1.82, 2.24) is 4.90 Å². The summed E-state index contributed by atoms with van der Waals surface area (Å²) < 4.78 is 0. The number of carbonyl (C=O) groups excluding carboxylic acids is 1. The summed E-state index contributed by atoms with van der Waals surface area (Å²) in [4.78, 5) is 25.3. The second-order valence-electron chi connectivity index (χ2n) is 5.46. The normalized spacial score (nSPS) is 20.7. The van der Waals surface area contributed by atoms with Crippen LogP contribution >= 0.6 is 0 Å². The Morgan fingerprint density at radius 3 is 2.90 bits per heavy atom. The van der Waals surface area contributed by atoms with Crippen LogP contribution in [0.3, 0.4) is 0 Å². The van der Waals surface area contributed by atoms with E-state index in [1.54, 1.807) is 31.2 Å². The number of nitrogens with zero attached hydrogens (tertiary/aromatic N) is 1. The molecule has 1 fully saturated rings. The Labute approximate surface area is 123 Å². The van der Waals surface area contributed by atoms with Crippen LogP contribution in [0, 0.1) is 5.92 Å². The minimum absolute atomic E-state index is 0.147. The summed E-state index contributed by atoms with van der Waals surface area (Å²) in [6.07, 6.45) is 1.47. The van der Waals surface area contributed by atoms with E-state index in [0.717, 1.165) is 13.0 Å². The molecule has 0 radical (unpaired) electrons. The van der Waals surface area contributed by atoms with Gasteiger partial charge in [-0.2, -0.15) is 0 Å². The minimum Gasteiger partial charge on any atom is -0.481 e. The van der Waals surface area contributed by atoms with Crippen molar-refractivity contribution in [2.75, 3.05) is 24.1 Å². The Balaban J connectivity index is 1.97. The number of nitrogen functional groups attached to an aromatic ring is 1. The Morgan fingerprint density at radius 2 is 2.24 bits per heavy atom. The zero-order valence-electron chi connectivity index (χ0n) is 12.1. The van der Waals surface area contributed by atoms with E-state index >= 15 is 0 Å². The van der Waals surface area contributed by atoms with Crippen LogP contribution < -0.4 is 11.1 Å². The molecule has 6 nitrogen and oxygen atoms in total. The third kappa shape index (κ3) is 3.95. The quantitative estimate of drug-likeness (QED) is 0.729. The van der Waals surface area contributed by atoms with Gasteiger partial charge in [0.2, 0.25) is 5.91 Å². The smallest absolute Gasteiger partial charge is 0.307 e. The number of hydrogen-bond donors (Lipinski definition) is 3. The molecule has 2 atom stereocenters. The molecule has 0 spiro atoms. The molecule has 1 saturated heterocycles. The standard InChI is InChI=1S/C15H21N3O3/c1-10(18-7-3-4-11(9-18)15(20)21)14(19)17-13-6-2-5-12(16)8-13/h2,5-6,8,10-11H,3-4,7,9,16H2,1H3,(H,17,19)(H,20,21). The fourth-order valence-electron chi connectivity index (χ4n) is 2.59. The van der Waals surface area contributed by atoms with Crippen LogP contribution in [-0.2, 0) is 9.59 Å². The monoisotopic (exact) mass is 291 g/mol. The maximum Gasteiger partial charge on any atom is 0.307 e.